The zero-order chi connectivity index (χ0) is 16.9. The van der Waals surface area contributed by atoms with E-state index >= 15 is 0 Å². The predicted octanol–water partition coefficient (Wildman–Crippen LogP) is 2.21. The van der Waals surface area contributed by atoms with Crippen LogP contribution in [0.5, 0.6) is 0 Å². The number of hydrogen-bond acceptors (Lipinski definition) is 6. The van der Waals surface area contributed by atoms with Crippen LogP contribution in [0, 0.1) is 0 Å². The number of hydrogen-bond donors (Lipinski definition) is 0. The summed E-state index contributed by atoms with van der Waals surface area (Å²) < 4.78 is 9.07. The Morgan fingerprint density at radius 1 is 0.727 bits per heavy atom. The Morgan fingerprint density at radius 3 is 1.23 bits per heavy atom. The number of benzene rings is 1. The smallest absolute Gasteiger partial charge is 0.346 e. The van der Waals surface area contributed by atoms with Gasteiger partial charge in [0, 0.05) is 11.1 Å². The van der Waals surface area contributed by atoms with Gasteiger partial charge in [0.1, 0.15) is 0 Å². The standard InChI is InChI=1S/C16H14O6/c1-9(2)13(17)21-15(19)11-5-7-12(8-6-11)16(20)22-14(18)10(3)4/h5-8H,1,3H2,2,4H3. The SMILES string of the molecule is C=C(C)C(=O)OC(=O)c1ccc(C(=O)OC(=O)C(=C)C)cc1. The maximum absolute atomic E-state index is 11.6. The normalized spacial score (nSPS) is 9.55. The van der Waals surface area contributed by atoms with Crippen molar-refractivity contribution in [3.63, 3.8) is 0 Å². The molecule has 0 unspecified atom stereocenters. The largest absolute Gasteiger partial charge is 0.386 e. The number of ether oxygens (including phenoxy) is 2. The molecule has 0 amide bonds. The molecule has 1 rings (SSSR count). The molecule has 0 aliphatic heterocycles. The Balaban J connectivity index is 2.78. The first-order valence-corrected chi connectivity index (χ1v) is 6.16. The molecule has 0 saturated carbocycles. The highest BCUT2D eigenvalue weighted by atomic mass is 16.6. The van der Waals surface area contributed by atoms with Crippen molar-refractivity contribution in [2.45, 2.75) is 13.8 Å². The van der Waals surface area contributed by atoms with E-state index in [4.69, 9.17) is 0 Å². The molecule has 0 fully saturated rings. The fraction of sp³-hybridized carbons (Fsp3) is 0.125. The first-order chi connectivity index (χ1) is 10.2. The molecule has 6 nitrogen and oxygen atoms in total. The minimum absolute atomic E-state index is 0.0670. The molecule has 0 aliphatic rings. The van der Waals surface area contributed by atoms with Crippen LogP contribution in [0.4, 0.5) is 0 Å². The Bertz CT molecular complexity index is 607. The third kappa shape index (κ3) is 4.52. The van der Waals surface area contributed by atoms with Crippen molar-refractivity contribution in [2.24, 2.45) is 0 Å². The number of carbonyl (C=O) groups excluding carboxylic acids is 4. The second kappa shape index (κ2) is 7.12. The summed E-state index contributed by atoms with van der Waals surface area (Å²) in [5.41, 5.74) is 0.313. The summed E-state index contributed by atoms with van der Waals surface area (Å²) in [7, 11) is 0. The van der Waals surface area contributed by atoms with E-state index < -0.39 is 23.9 Å². The Hall–Kier alpha value is -3.02. The molecule has 0 N–H and O–H groups in total. The Kier molecular flexibility index (Phi) is 5.51. The lowest BCUT2D eigenvalue weighted by Crippen LogP contribution is -2.14. The molecule has 0 saturated heterocycles. The van der Waals surface area contributed by atoms with Crippen LogP contribution in [-0.2, 0) is 19.1 Å². The van der Waals surface area contributed by atoms with E-state index in [0.29, 0.717) is 0 Å². The quantitative estimate of drug-likeness (QED) is 0.481. The van der Waals surface area contributed by atoms with Crippen molar-refractivity contribution in [2.75, 3.05) is 0 Å². The lowest BCUT2D eigenvalue weighted by Gasteiger charge is -2.04. The van der Waals surface area contributed by atoms with Gasteiger partial charge in [-0.3, -0.25) is 0 Å². The molecule has 1 aromatic carbocycles. The highest BCUT2D eigenvalue weighted by Crippen LogP contribution is 2.09. The van der Waals surface area contributed by atoms with Crippen molar-refractivity contribution >= 4 is 23.9 Å². The second-order valence-corrected chi connectivity index (χ2v) is 4.49. The van der Waals surface area contributed by atoms with Gasteiger partial charge in [-0.2, -0.15) is 0 Å². The molecule has 1 aromatic rings. The molecule has 0 bridgehead atoms. The molecule has 0 atom stereocenters. The third-order valence-corrected chi connectivity index (χ3v) is 2.42. The summed E-state index contributed by atoms with van der Waals surface area (Å²) in [6.07, 6.45) is 0. The lowest BCUT2D eigenvalue weighted by atomic mass is 10.1. The maximum Gasteiger partial charge on any atom is 0.346 e. The molecule has 6 heteroatoms. The summed E-state index contributed by atoms with van der Waals surface area (Å²) in [6, 6.07) is 5.09. The van der Waals surface area contributed by atoms with E-state index in [2.05, 4.69) is 22.6 Å². The molecule has 0 spiro atoms. The molecular weight excluding hydrogens is 288 g/mol. The molecule has 22 heavy (non-hydrogen) atoms. The van der Waals surface area contributed by atoms with Gasteiger partial charge in [0.15, 0.2) is 0 Å². The fourth-order valence-electron chi connectivity index (χ4n) is 1.20. The number of rotatable bonds is 4. The summed E-state index contributed by atoms with van der Waals surface area (Å²) in [5.74, 6) is -3.40. The van der Waals surface area contributed by atoms with Gasteiger partial charge >= 0.3 is 23.9 Å². The molecule has 0 heterocycles. The van der Waals surface area contributed by atoms with Gasteiger partial charge in [-0.25, -0.2) is 19.2 Å². The fourth-order valence-corrected chi connectivity index (χ4v) is 1.20. The average Bonchev–Trinajstić information content (AvgIpc) is 2.46. The highest BCUT2D eigenvalue weighted by Gasteiger charge is 2.16. The minimum Gasteiger partial charge on any atom is -0.386 e. The van der Waals surface area contributed by atoms with Crippen molar-refractivity contribution in [3.05, 3.63) is 59.7 Å². The molecule has 114 valence electrons. The van der Waals surface area contributed by atoms with Gasteiger partial charge in [0.2, 0.25) is 0 Å². The van der Waals surface area contributed by atoms with E-state index in [0.717, 1.165) is 0 Å². The van der Waals surface area contributed by atoms with E-state index in [1.807, 2.05) is 0 Å². The number of carbonyl (C=O) groups is 4. The van der Waals surface area contributed by atoms with Crippen molar-refractivity contribution < 1.29 is 28.7 Å². The van der Waals surface area contributed by atoms with Gasteiger partial charge in [-0.1, -0.05) is 13.2 Å². The average molecular weight is 302 g/mol. The predicted molar refractivity (Wildman–Crippen MR) is 76.9 cm³/mol. The van der Waals surface area contributed by atoms with Gasteiger partial charge in [0.25, 0.3) is 0 Å². The first kappa shape index (κ1) is 17.0. The zero-order valence-electron chi connectivity index (χ0n) is 12.2. The van der Waals surface area contributed by atoms with Gasteiger partial charge in [0.05, 0.1) is 11.1 Å². The monoisotopic (exact) mass is 302 g/mol. The van der Waals surface area contributed by atoms with Crippen LogP contribution in [0.1, 0.15) is 34.6 Å². The van der Waals surface area contributed by atoms with Crippen molar-refractivity contribution in [1.82, 2.24) is 0 Å². The van der Waals surface area contributed by atoms with Gasteiger partial charge < -0.3 is 9.47 Å². The van der Waals surface area contributed by atoms with Crippen LogP contribution in [0.25, 0.3) is 0 Å². The van der Waals surface area contributed by atoms with Crippen LogP contribution < -0.4 is 0 Å². The van der Waals surface area contributed by atoms with E-state index in [9.17, 15) is 19.2 Å². The summed E-state index contributed by atoms with van der Waals surface area (Å²) in [6.45, 7) is 9.53. The lowest BCUT2D eigenvalue weighted by molar-refractivity contribution is -0.134. The highest BCUT2D eigenvalue weighted by molar-refractivity contribution is 6.03. The van der Waals surface area contributed by atoms with Crippen molar-refractivity contribution in [1.29, 1.82) is 0 Å². The molecule has 0 aliphatic carbocycles. The third-order valence-electron chi connectivity index (χ3n) is 2.42. The molecule has 0 aromatic heterocycles. The molecular formula is C16H14O6. The van der Waals surface area contributed by atoms with E-state index in [-0.39, 0.29) is 22.3 Å². The summed E-state index contributed by atoms with van der Waals surface area (Å²) in [5, 5.41) is 0. The van der Waals surface area contributed by atoms with Gasteiger partial charge in [-0.15, -0.1) is 0 Å². The zero-order valence-corrected chi connectivity index (χ0v) is 12.2. The van der Waals surface area contributed by atoms with E-state index in [1.54, 1.807) is 0 Å². The minimum atomic E-state index is -0.870. The van der Waals surface area contributed by atoms with Crippen LogP contribution in [0.3, 0.4) is 0 Å². The number of esters is 4. The van der Waals surface area contributed by atoms with Gasteiger partial charge in [-0.05, 0) is 38.1 Å². The van der Waals surface area contributed by atoms with Crippen molar-refractivity contribution in [3.8, 4) is 0 Å². The van der Waals surface area contributed by atoms with Crippen LogP contribution in [0.15, 0.2) is 48.6 Å². The summed E-state index contributed by atoms with van der Waals surface area (Å²) >= 11 is 0. The molecule has 0 radical (unpaired) electrons. The topological polar surface area (TPSA) is 86.7 Å². The Labute approximate surface area is 127 Å². The maximum atomic E-state index is 11.6. The van der Waals surface area contributed by atoms with E-state index in [1.165, 1.54) is 38.1 Å². The van der Waals surface area contributed by atoms with Crippen LogP contribution in [0.2, 0.25) is 0 Å². The van der Waals surface area contributed by atoms with Crippen LogP contribution in [-0.4, -0.2) is 23.9 Å². The Morgan fingerprint density at radius 2 is 1.00 bits per heavy atom. The van der Waals surface area contributed by atoms with Crippen LogP contribution >= 0.6 is 0 Å². The second-order valence-electron chi connectivity index (χ2n) is 4.49. The summed E-state index contributed by atoms with van der Waals surface area (Å²) in [4.78, 5) is 45.7. The first-order valence-electron chi connectivity index (χ1n) is 6.16.